The Morgan fingerprint density at radius 2 is 0.932 bits per heavy atom. The highest BCUT2D eigenvalue weighted by Crippen LogP contribution is 2.53. The van der Waals surface area contributed by atoms with Crippen molar-refractivity contribution in [1.29, 1.82) is 0 Å². The van der Waals surface area contributed by atoms with Gasteiger partial charge in [-0.05, 0) is 133 Å². The largest absolute Gasteiger partial charge is 0.310 e. The van der Waals surface area contributed by atoms with Gasteiger partial charge in [-0.2, -0.15) is 0 Å². The summed E-state index contributed by atoms with van der Waals surface area (Å²) in [5.74, 6) is 0. The van der Waals surface area contributed by atoms with Gasteiger partial charge in [-0.1, -0.05) is 147 Å². The number of fused-ring (bicyclic) bond motifs is 9. The second-order valence-corrected chi connectivity index (χ2v) is 16.6. The number of hydrogen-bond acceptors (Lipinski definition) is 1. The third-order valence-corrected chi connectivity index (χ3v) is 12.9. The van der Waals surface area contributed by atoms with Crippen molar-refractivity contribution in [2.75, 3.05) is 4.90 Å². The van der Waals surface area contributed by atoms with E-state index in [2.05, 4.69) is 230 Å². The summed E-state index contributed by atoms with van der Waals surface area (Å²) in [6, 6.07) is 76.4. The number of anilines is 3. The first kappa shape index (κ1) is 33.7. The first-order valence-electron chi connectivity index (χ1n) is 20.6. The Labute approximate surface area is 343 Å². The first-order chi connectivity index (χ1) is 29.0. The van der Waals surface area contributed by atoms with E-state index in [4.69, 9.17) is 0 Å². The van der Waals surface area contributed by atoms with Crippen molar-refractivity contribution in [1.82, 2.24) is 4.57 Å². The second kappa shape index (κ2) is 12.8. The lowest BCUT2D eigenvalue weighted by Crippen LogP contribution is -2.17. The number of aromatic nitrogens is 1. The molecule has 10 aromatic carbocycles. The standard InChI is InChI=1S/C57H40N2/c1-57(2)51-35-41-17-6-5-16-40(41)34-50(51)47-31-30-45(36-52(47)57)58(43-26-28-44(29-27-43)59-53-21-11-9-19-48(53)49-20-10-12-22-54(49)59)55-32-25-38-14-7-8-18-46(38)56(55)42-24-23-37-13-3-4-15-39(37)33-42/h3-36H,1-2H3. The molecule has 0 atom stereocenters. The molecule has 0 saturated heterocycles. The van der Waals surface area contributed by atoms with Gasteiger partial charge in [-0.15, -0.1) is 0 Å². The van der Waals surface area contributed by atoms with Crippen LogP contribution in [0.15, 0.2) is 206 Å². The lowest BCUT2D eigenvalue weighted by molar-refractivity contribution is 0.661. The van der Waals surface area contributed by atoms with Crippen LogP contribution in [0.5, 0.6) is 0 Å². The van der Waals surface area contributed by atoms with Crippen molar-refractivity contribution in [2.24, 2.45) is 0 Å². The SMILES string of the molecule is CC1(C)c2cc(N(c3ccc(-n4c5ccccc5c5ccccc54)cc3)c3ccc4ccccc4c3-c3ccc4ccccc4c3)ccc2-c2cc3ccccc3cc21. The number of nitrogens with zero attached hydrogens (tertiary/aromatic N) is 2. The maximum Gasteiger partial charge on any atom is 0.0546 e. The van der Waals surface area contributed by atoms with E-state index in [1.165, 1.54) is 87.5 Å². The highest BCUT2D eigenvalue weighted by atomic mass is 15.1. The van der Waals surface area contributed by atoms with Crippen molar-refractivity contribution < 1.29 is 0 Å². The van der Waals surface area contributed by atoms with E-state index in [9.17, 15) is 0 Å². The van der Waals surface area contributed by atoms with Crippen molar-refractivity contribution in [3.63, 3.8) is 0 Å². The Balaban J connectivity index is 1.09. The minimum Gasteiger partial charge on any atom is -0.310 e. The molecule has 0 unspecified atom stereocenters. The predicted molar refractivity (Wildman–Crippen MR) is 251 cm³/mol. The zero-order valence-electron chi connectivity index (χ0n) is 33.0. The molecule has 1 aliphatic rings. The van der Waals surface area contributed by atoms with Crippen LogP contribution >= 0.6 is 0 Å². The van der Waals surface area contributed by atoms with Crippen LogP contribution in [0.1, 0.15) is 25.0 Å². The smallest absolute Gasteiger partial charge is 0.0546 e. The van der Waals surface area contributed by atoms with E-state index >= 15 is 0 Å². The summed E-state index contributed by atoms with van der Waals surface area (Å²) >= 11 is 0. The van der Waals surface area contributed by atoms with Crippen molar-refractivity contribution in [2.45, 2.75) is 19.3 Å². The van der Waals surface area contributed by atoms with Gasteiger partial charge in [-0.3, -0.25) is 0 Å². The second-order valence-electron chi connectivity index (χ2n) is 16.6. The third-order valence-electron chi connectivity index (χ3n) is 12.9. The number of benzene rings is 10. The van der Waals surface area contributed by atoms with Crippen LogP contribution in [-0.4, -0.2) is 4.57 Å². The van der Waals surface area contributed by atoms with Gasteiger partial charge in [0.05, 0.1) is 16.7 Å². The summed E-state index contributed by atoms with van der Waals surface area (Å²) in [4.78, 5) is 2.49. The fourth-order valence-electron chi connectivity index (χ4n) is 10.0. The van der Waals surface area contributed by atoms with E-state index in [1.807, 2.05) is 0 Å². The third kappa shape index (κ3) is 5.13. The molecule has 0 radical (unpaired) electrons. The quantitative estimate of drug-likeness (QED) is 0.170. The fraction of sp³-hybridized carbons (Fsp3) is 0.0526. The summed E-state index contributed by atoms with van der Waals surface area (Å²) in [6.45, 7) is 4.77. The number of hydrogen-bond donors (Lipinski definition) is 0. The summed E-state index contributed by atoms with van der Waals surface area (Å²) in [5.41, 5.74) is 14.5. The maximum atomic E-state index is 2.49. The predicted octanol–water partition coefficient (Wildman–Crippen LogP) is 15.7. The van der Waals surface area contributed by atoms with Crippen molar-refractivity contribution >= 4 is 71.2 Å². The van der Waals surface area contributed by atoms with Crippen molar-refractivity contribution in [3.8, 4) is 27.9 Å². The molecule has 2 heteroatoms. The van der Waals surface area contributed by atoms with Crippen LogP contribution in [-0.2, 0) is 5.41 Å². The minimum atomic E-state index is -0.179. The van der Waals surface area contributed by atoms with Gasteiger partial charge >= 0.3 is 0 Å². The molecule has 0 aliphatic heterocycles. The zero-order chi connectivity index (χ0) is 39.2. The maximum absolute atomic E-state index is 2.49. The van der Waals surface area contributed by atoms with Crippen LogP contribution < -0.4 is 4.90 Å². The van der Waals surface area contributed by atoms with Crippen LogP contribution in [0.3, 0.4) is 0 Å². The van der Waals surface area contributed by atoms with E-state index < -0.39 is 0 Å². The molecule has 1 heterocycles. The van der Waals surface area contributed by atoms with Crippen LogP contribution in [0.2, 0.25) is 0 Å². The van der Waals surface area contributed by atoms with Gasteiger partial charge in [0.15, 0.2) is 0 Å². The molecule has 1 aliphatic carbocycles. The highest BCUT2D eigenvalue weighted by Gasteiger charge is 2.36. The highest BCUT2D eigenvalue weighted by molar-refractivity contribution is 6.10. The Kier molecular flexibility index (Phi) is 7.31. The Bertz CT molecular complexity index is 3420. The van der Waals surface area contributed by atoms with E-state index in [0.29, 0.717) is 0 Å². The molecule has 0 bridgehead atoms. The monoisotopic (exact) mass is 752 g/mol. The van der Waals surface area contributed by atoms with Crippen LogP contribution in [0, 0.1) is 0 Å². The fourth-order valence-corrected chi connectivity index (χ4v) is 10.0. The van der Waals surface area contributed by atoms with Gasteiger partial charge in [-0.25, -0.2) is 0 Å². The summed E-state index contributed by atoms with van der Waals surface area (Å²) in [7, 11) is 0. The molecule has 0 fully saturated rings. The molecule has 11 aromatic rings. The van der Waals surface area contributed by atoms with E-state index in [-0.39, 0.29) is 5.41 Å². The van der Waals surface area contributed by atoms with Gasteiger partial charge in [0.25, 0.3) is 0 Å². The summed E-state index contributed by atoms with van der Waals surface area (Å²) in [6.07, 6.45) is 0. The average molecular weight is 753 g/mol. The van der Waals surface area contributed by atoms with Gasteiger partial charge in [0.1, 0.15) is 0 Å². The lowest BCUT2D eigenvalue weighted by Gasteiger charge is -2.30. The molecule has 0 N–H and O–H groups in total. The van der Waals surface area contributed by atoms with E-state index in [1.54, 1.807) is 0 Å². The molecule has 0 saturated carbocycles. The molecule has 2 nitrogen and oxygen atoms in total. The van der Waals surface area contributed by atoms with Crippen LogP contribution in [0.25, 0.3) is 82.1 Å². The van der Waals surface area contributed by atoms with Gasteiger partial charge in [0.2, 0.25) is 0 Å². The molecular formula is C57H40N2. The topological polar surface area (TPSA) is 8.17 Å². The molecular weight excluding hydrogens is 713 g/mol. The molecule has 0 amide bonds. The molecule has 1 aromatic heterocycles. The molecule has 12 rings (SSSR count). The van der Waals surface area contributed by atoms with Crippen molar-refractivity contribution in [3.05, 3.63) is 217 Å². The Morgan fingerprint density at radius 3 is 1.64 bits per heavy atom. The normalized spacial score (nSPS) is 13.1. The molecule has 0 spiro atoms. The molecule has 59 heavy (non-hydrogen) atoms. The molecule has 278 valence electrons. The Morgan fingerprint density at radius 1 is 0.390 bits per heavy atom. The van der Waals surface area contributed by atoms with E-state index in [0.717, 1.165) is 22.7 Å². The Hall–Kier alpha value is -7.42. The lowest BCUT2D eigenvalue weighted by atomic mass is 9.81. The number of para-hydroxylation sites is 2. The summed E-state index contributed by atoms with van der Waals surface area (Å²) < 4.78 is 2.40. The summed E-state index contributed by atoms with van der Waals surface area (Å²) in [5, 5.41) is 10.0. The first-order valence-corrected chi connectivity index (χ1v) is 20.6. The minimum absolute atomic E-state index is 0.179. The van der Waals surface area contributed by atoms with Gasteiger partial charge in [0, 0.05) is 38.8 Å². The number of rotatable bonds is 5. The van der Waals surface area contributed by atoms with Gasteiger partial charge < -0.3 is 9.47 Å². The van der Waals surface area contributed by atoms with Crippen LogP contribution in [0.4, 0.5) is 17.1 Å². The average Bonchev–Trinajstić information content (AvgIpc) is 3.73. The zero-order valence-corrected chi connectivity index (χ0v) is 33.0.